The predicted molar refractivity (Wildman–Crippen MR) is 165 cm³/mol. The summed E-state index contributed by atoms with van der Waals surface area (Å²) in [5.41, 5.74) is 4.03. The summed E-state index contributed by atoms with van der Waals surface area (Å²) in [6.07, 6.45) is 1.20. The maximum Gasteiger partial charge on any atom is 0.329 e. The molecule has 0 aliphatic heterocycles. The third-order valence-corrected chi connectivity index (χ3v) is 8.56. The highest BCUT2D eigenvalue weighted by atomic mass is 35.5. The molecule has 0 radical (unpaired) electrons. The van der Waals surface area contributed by atoms with Gasteiger partial charge in [-0.3, -0.25) is 9.59 Å². The van der Waals surface area contributed by atoms with Crippen LogP contribution in [0.5, 0.6) is 5.75 Å². The van der Waals surface area contributed by atoms with E-state index in [0.717, 1.165) is 5.56 Å². The molecular formula is C30H28Cl2N4O6S. The highest BCUT2D eigenvalue weighted by molar-refractivity contribution is 7.89. The second-order valence-corrected chi connectivity index (χ2v) is 12.0. The Morgan fingerprint density at radius 2 is 1.70 bits per heavy atom. The fourth-order valence-corrected chi connectivity index (χ4v) is 5.60. The number of carbonyl (C=O) groups is 2. The normalized spacial score (nSPS) is 11.6. The lowest BCUT2D eigenvalue weighted by Gasteiger charge is -2.22. The van der Waals surface area contributed by atoms with Crippen LogP contribution in [0, 0.1) is 6.92 Å². The van der Waals surface area contributed by atoms with Crippen molar-refractivity contribution in [2.24, 2.45) is 5.10 Å². The summed E-state index contributed by atoms with van der Waals surface area (Å²) in [4.78, 5) is 24.7. The number of para-hydroxylation sites is 2. The van der Waals surface area contributed by atoms with Gasteiger partial charge in [0.2, 0.25) is 10.0 Å². The van der Waals surface area contributed by atoms with Crippen LogP contribution in [0.3, 0.4) is 0 Å². The van der Waals surface area contributed by atoms with Gasteiger partial charge in [0.15, 0.2) is 0 Å². The molecule has 13 heteroatoms. The lowest BCUT2D eigenvalue weighted by atomic mass is 10.2. The molecule has 0 bridgehead atoms. The first-order valence-corrected chi connectivity index (χ1v) is 15.2. The fourth-order valence-electron chi connectivity index (χ4n) is 3.89. The summed E-state index contributed by atoms with van der Waals surface area (Å²) in [6, 6.07) is 21.3. The van der Waals surface area contributed by atoms with Crippen molar-refractivity contribution in [2.75, 3.05) is 11.9 Å². The largest absolute Gasteiger partial charge is 0.492 e. The van der Waals surface area contributed by atoms with Crippen molar-refractivity contribution in [1.29, 1.82) is 0 Å². The van der Waals surface area contributed by atoms with Gasteiger partial charge < -0.3 is 14.5 Å². The smallest absolute Gasteiger partial charge is 0.329 e. The summed E-state index contributed by atoms with van der Waals surface area (Å²) in [5.74, 6) is -0.987. The first-order valence-electron chi connectivity index (χ1n) is 13.0. The van der Waals surface area contributed by atoms with Gasteiger partial charge in [-0.2, -0.15) is 9.41 Å². The molecule has 3 aromatic carbocycles. The summed E-state index contributed by atoms with van der Waals surface area (Å²) in [6.45, 7) is 3.94. The number of halogens is 2. The lowest BCUT2D eigenvalue weighted by Crippen LogP contribution is -2.32. The van der Waals surface area contributed by atoms with Crippen LogP contribution in [-0.4, -0.2) is 37.4 Å². The van der Waals surface area contributed by atoms with Crippen molar-refractivity contribution in [2.45, 2.75) is 31.8 Å². The van der Waals surface area contributed by atoms with Crippen molar-refractivity contribution in [3.8, 4) is 5.75 Å². The number of anilines is 1. The standard InChI is InChI=1S/C30H28Cl2N4O6S/c1-3-41-28-7-5-4-6-27(28)34-29(37)30(38)35-33-17-22-11-12-23(42-22)19-36(18-21-10-15-25(31)26(32)16-21)43(39,40)24-13-8-20(2)9-14-24/h4-17H,3,18-19H2,1-2H3,(H,34,37)(H,35,38)/b33-17+. The minimum atomic E-state index is -3.95. The third-order valence-electron chi connectivity index (χ3n) is 6.02. The molecule has 0 aliphatic carbocycles. The minimum absolute atomic E-state index is 0.00514. The summed E-state index contributed by atoms with van der Waals surface area (Å²) in [7, 11) is -3.95. The maximum absolute atomic E-state index is 13.6. The number of ether oxygens (including phenoxy) is 1. The van der Waals surface area contributed by atoms with Gasteiger partial charge in [-0.05, 0) is 67.9 Å². The van der Waals surface area contributed by atoms with Crippen molar-refractivity contribution in [3.05, 3.63) is 112 Å². The number of benzene rings is 3. The van der Waals surface area contributed by atoms with Gasteiger partial charge in [-0.15, -0.1) is 0 Å². The first kappa shape index (κ1) is 31.8. The molecule has 10 nitrogen and oxygen atoms in total. The second-order valence-electron chi connectivity index (χ2n) is 9.22. The number of hydrogen-bond donors (Lipinski definition) is 2. The van der Waals surface area contributed by atoms with Crippen molar-refractivity contribution in [1.82, 2.24) is 9.73 Å². The molecule has 0 spiro atoms. The van der Waals surface area contributed by atoms with Crippen LogP contribution >= 0.6 is 23.2 Å². The quantitative estimate of drug-likeness (QED) is 0.121. The fraction of sp³-hybridized carbons (Fsp3) is 0.167. The lowest BCUT2D eigenvalue weighted by molar-refractivity contribution is -0.136. The Hall–Kier alpha value is -4.16. The SMILES string of the molecule is CCOc1ccccc1NC(=O)C(=O)N/N=C/c1ccc(CN(Cc2ccc(Cl)c(Cl)c2)S(=O)(=O)c2ccc(C)cc2)o1. The van der Waals surface area contributed by atoms with E-state index in [1.807, 2.05) is 6.92 Å². The summed E-state index contributed by atoms with van der Waals surface area (Å²) < 4.78 is 39.7. The van der Waals surface area contributed by atoms with Gasteiger partial charge in [0.25, 0.3) is 0 Å². The molecule has 1 aromatic heterocycles. The molecule has 43 heavy (non-hydrogen) atoms. The van der Waals surface area contributed by atoms with Crippen LogP contribution in [0.4, 0.5) is 5.69 Å². The molecule has 1 heterocycles. The number of rotatable bonds is 11. The number of aryl methyl sites for hydroxylation is 1. The number of amides is 2. The van der Waals surface area contributed by atoms with Crippen molar-refractivity contribution >= 4 is 56.9 Å². The van der Waals surface area contributed by atoms with Gasteiger partial charge in [0.1, 0.15) is 17.3 Å². The predicted octanol–water partition coefficient (Wildman–Crippen LogP) is 5.77. The van der Waals surface area contributed by atoms with E-state index in [1.54, 1.807) is 85.8 Å². The van der Waals surface area contributed by atoms with E-state index in [2.05, 4.69) is 15.8 Å². The van der Waals surface area contributed by atoms with E-state index in [1.165, 1.54) is 10.5 Å². The molecule has 0 saturated carbocycles. The number of hydrazone groups is 1. The Balaban J connectivity index is 1.45. The van der Waals surface area contributed by atoms with E-state index < -0.39 is 21.8 Å². The Bertz CT molecular complexity index is 1740. The van der Waals surface area contributed by atoms with Gasteiger partial charge in [-0.1, -0.05) is 59.1 Å². The minimum Gasteiger partial charge on any atom is -0.492 e. The first-order chi connectivity index (χ1) is 20.6. The number of nitrogens with one attached hydrogen (secondary N) is 2. The van der Waals surface area contributed by atoms with Crippen LogP contribution < -0.4 is 15.5 Å². The van der Waals surface area contributed by atoms with Gasteiger partial charge >= 0.3 is 11.8 Å². The highest BCUT2D eigenvalue weighted by Gasteiger charge is 2.26. The molecule has 0 saturated heterocycles. The topological polar surface area (TPSA) is 130 Å². The summed E-state index contributed by atoms with van der Waals surface area (Å²) >= 11 is 12.2. The number of carbonyl (C=O) groups excluding carboxylic acids is 2. The van der Waals surface area contributed by atoms with E-state index in [0.29, 0.717) is 39.4 Å². The van der Waals surface area contributed by atoms with E-state index >= 15 is 0 Å². The molecule has 0 aliphatic rings. The molecule has 0 unspecified atom stereocenters. The number of furan rings is 1. The Kier molecular flexibility index (Phi) is 10.6. The summed E-state index contributed by atoms with van der Waals surface area (Å²) in [5, 5.41) is 6.91. The van der Waals surface area contributed by atoms with Gasteiger partial charge in [0.05, 0.1) is 40.0 Å². The maximum atomic E-state index is 13.6. The second kappa shape index (κ2) is 14.3. The Labute approximate surface area is 259 Å². The van der Waals surface area contributed by atoms with Crippen molar-refractivity contribution in [3.63, 3.8) is 0 Å². The van der Waals surface area contributed by atoms with Gasteiger partial charge in [0, 0.05) is 6.54 Å². The van der Waals surface area contributed by atoms with Crippen LogP contribution in [0.25, 0.3) is 0 Å². The number of sulfonamides is 1. The molecule has 4 rings (SSSR count). The molecule has 0 fully saturated rings. The zero-order valence-electron chi connectivity index (χ0n) is 23.2. The average molecular weight is 644 g/mol. The van der Waals surface area contributed by atoms with Gasteiger partial charge in [-0.25, -0.2) is 13.8 Å². The number of hydrogen-bond acceptors (Lipinski definition) is 7. The van der Waals surface area contributed by atoms with Crippen molar-refractivity contribution < 1.29 is 27.2 Å². The molecule has 4 aromatic rings. The Morgan fingerprint density at radius 3 is 2.42 bits per heavy atom. The van der Waals surface area contributed by atoms with Crippen LogP contribution in [0.2, 0.25) is 10.0 Å². The van der Waals surface area contributed by atoms with E-state index in [9.17, 15) is 18.0 Å². The van der Waals surface area contributed by atoms with Crippen LogP contribution in [0.15, 0.2) is 93.3 Å². The van der Waals surface area contributed by atoms with Crippen LogP contribution in [0.1, 0.15) is 29.6 Å². The zero-order chi connectivity index (χ0) is 31.0. The molecule has 0 atom stereocenters. The zero-order valence-corrected chi connectivity index (χ0v) is 25.5. The molecule has 2 amide bonds. The monoisotopic (exact) mass is 642 g/mol. The van der Waals surface area contributed by atoms with Crippen LogP contribution in [-0.2, 0) is 32.7 Å². The Morgan fingerprint density at radius 1 is 0.953 bits per heavy atom. The van der Waals surface area contributed by atoms with E-state index in [-0.39, 0.29) is 23.7 Å². The third kappa shape index (κ3) is 8.45. The molecule has 224 valence electrons. The average Bonchev–Trinajstić information content (AvgIpc) is 3.43. The highest BCUT2D eigenvalue weighted by Crippen LogP contribution is 2.27. The number of nitrogens with zero attached hydrogens (tertiary/aromatic N) is 2. The molecular weight excluding hydrogens is 615 g/mol. The molecule has 2 N–H and O–H groups in total. The van der Waals surface area contributed by atoms with E-state index in [4.69, 9.17) is 32.4 Å².